The minimum absolute atomic E-state index is 0.0394. The van der Waals surface area contributed by atoms with Crippen molar-refractivity contribution in [2.24, 2.45) is 0 Å². The Morgan fingerprint density at radius 3 is 2.38 bits per heavy atom. The molecule has 6 nitrogen and oxygen atoms in total. The van der Waals surface area contributed by atoms with Crippen LogP contribution in [-0.4, -0.2) is 41.3 Å². The van der Waals surface area contributed by atoms with E-state index in [-0.39, 0.29) is 18.0 Å². The highest BCUT2D eigenvalue weighted by atomic mass is 16.5. The van der Waals surface area contributed by atoms with E-state index in [9.17, 15) is 4.79 Å². The van der Waals surface area contributed by atoms with Gasteiger partial charge in [0.15, 0.2) is 11.5 Å². The summed E-state index contributed by atoms with van der Waals surface area (Å²) in [6.07, 6.45) is 5.62. The van der Waals surface area contributed by atoms with Gasteiger partial charge in [-0.2, -0.15) is 5.10 Å². The van der Waals surface area contributed by atoms with Crippen LogP contribution in [-0.2, 0) is 0 Å². The zero-order valence-electron chi connectivity index (χ0n) is 18.9. The van der Waals surface area contributed by atoms with Crippen LogP contribution < -0.4 is 9.47 Å². The third kappa shape index (κ3) is 3.34. The van der Waals surface area contributed by atoms with Gasteiger partial charge in [-0.15, -0.1) is 0 Å². The lowest BCUT2D eigenvalue weighted by atomic mass is 9.90. The summed E-state index contributed by atoms with van der Waals surface area (Å²) < 4.78 is 11.0. The van der Waals surface area contributed by atoms with E-state index in [1.165, 1.54) is 12.0 Å². The molecule has 1 saturated carbocycles. The maximum Gasteiger partial charge on any atom is 0.273 e. The largest absolute Gasteiger partial charge is 0.493 e. The summed E-state index contributed by atoms with van der Waals surface area (Å²) >= 11 is 0. The second-order valence-electron chi connectivity index (χ2n) is 8.75. The van der Waals surface area contributed by atoms with E-state index >= 15 is 0 Å². The van der Waals surface area contributed by atoms with E-state index in [1.807, 2.05) is 18.2 Å². The molecule has 0 spiro atoms. The van der Waals surface area contributed by atoms with Gasteiger partial charge in [-0.05, 0) is 37.5 Å². The molecule has 1 atom stereocenters. The monoisotopic (exact) mass is 431 g/mol. The van der Waals surface area contributed by atoms with Gasteiger partial charge in [0.2, 0.25) is 0 Å². The van der Waals surface area contributed by atoms with Gasteiger partial charge in [0.05, 0.1) is 26.0 Å². The van der Waals surface area contributed by atoms with Gasteiger partial charge in [-0.3, -0.25) is 9.89 Å². The molecule has 3 aromatic rings. The molecule has 0 radical (unpaired) electrons. The quantitative estimate of drug-likeness (QED) is 0.597. The third-order valence-corrected chi connectivity index (χ3v) is 6.82. The van der Waals surface area contributed by atoms with Crippen LogP contribution in [0.1, 0.15) is 65.3 Å². The lowest BCUT2D eigenvalue weighted by molar-refractivity contribution is 0.0606. The van der Waals surface area contributed by atoms with Crippen molar-refractivity contribution in [3.63, 3.8) is 0 Å². The molecule has 166 valence electrons. The van der Waals surface area contributed by atoms with Gasteiger partial charge >= 0.3 is 0 Å². The summed E-state index contributed by atoms with van der Waals surface area (Å²) in [7, 11) is 3.27. The minimum Gasteiger partial charge on any atom is -0.493 e. The highest BCUT2D eigenvalue weighted by molar-refractivity contribution is 6.00. The number of hydrogen-bond donors (Lipinski definition) is 1. The highest BCUT2D eigenvalue weighted by Crippen LogP contribution is 2.47. The van der Waals surface area contributed by atoms with Crippen LogP contribution in [0.25, 0.3) is 11.3 Å². The number of nitrogens with one attached hydrogen (secondary N) is 1. The second kappa shape index (κ2) is 8.34. The minimum atomic E-state index is -0.213. The van der Waals surface area contributed by atoms with Crippen LogP contribution in [0.3, 0.4) is 0 Å². The number of benzene rings is 2. The van der Waals surface area contributed by atoms with Crippen molar-refractivity contribution in [3.05, 3.63) is 64.8 Å². The van der Waals surface area contributed by atoms with Crippen LogP contribution in [0.15, 0.2) is 42.5 Å². The predicted octanol–water partition coefficient (Wildman–Crippen LogP) is 5.28. The summed E-state index contributed by atoms with van der Waals surface area (Å²) in [5.41, 5.74) is 5.61. The van der Waals surface area contributed by atoms with Crippen LogP contribution in [0.5, 0.6) is 11.5 Å². The summed E-state index contributed by atoms with van der Waals surface area (Å²) in [6.45, 7) is 2.07. The molecule has 1 unspecified atom stereocenters. The van der Waals surface area contributed by atoms with Crippen molar-refractivity contribution < 1.29 is 14.3 Å². The molecule has 2 aromatic carbocycles. The van der Waals surface area contributed by atoms with Crippen molar-refractivity contribution in [1.29, 1.82) is 0 Å². The first-order valence-corrected chi connectivity index (χ1v) is 11.3. The standard InChI is InChI=1S/C26H29N3O3/c1-16-9-11-17(12-10-16)23-22-24(28-27-23)26(30)29(19-7-5-4-6-8-19)25(22)18-13-14-20(31-2)21(15-18)32-3/h9-15,19,25H,4-8H2,1-3H3,(H,27,28). The number of aryl methyl sites for hydroxylation is 1. The van der Waals surface area contributed by atoms with Crippen LogP contribution in [0.2, 0.25) is 0 Å². The van der Waals surface area contributed by atoms with E-state index in [4.69, 9.17) is 9.47 Å². The molecular formula is C26H29N3O3. The molecule has 1 amide bonds. The van der Waals surface area contributed by atoms with E-state index < -0.39 is 0 Å². The Kier molecular flexibility index (Phi) is 5.37. The summed E-state index contributed by atoms with van der Waals surface area (Å²) in [5, 5.41) is 7.66. The summed E-state index contributed by atoms with van der Waals surface area (Å²) in [6, 6.07) is 14.3. The van der Waals surface area contributed by atoms with Crippen molar-refractivity contribution in [2.75, 3.05) is 14.2 Å². The zero-order chi connectivity index (χ0) is 22.2. The molecule has 2 heterocycles. The molecule has 5 rings (SSSR count). The fourth-order valence-corrected chi connectivity index (χ4v) is 5.18. The summed E-state index contributed by atoms with van der Waals surface area (Å²) in [5.74, 6) is 1.38. The smallest absolute Gasteiger partial charge is 0.273 e. The highest BCUT2D eigenvalue weighted by Gasteiger charge is 2.45. The first-order chi connectivity index (χ1) is 15.6. The fraction of sp³-hybridized carbons (Fsp3) is 0.385. The van der Waals surface area contributed by atoms with Gasteiger partial charge in [0.25, 0.3) is 5.91 Å². The molecule has 32 heavy (non-hydrogen) atoms. The SMILES string of the molecule is COc1ccc(C2c3c(-c4ccc(C)cc4)n[nH]c3C(=O)N2C2CCCCC2)cc1OC. The van der Waals surface area contributed by atoms with Crippen molar-refractivity contribution in [3.8, 4) is 22.8 Å². The van der Waals surface area contributed by atoms with Gasteiger partial charge < -0.3 is 14.4 Å². The number of H-pyrrole nitrogens is 1. The average Bonchev–Trinajstić information content (AvgIpc) is 3.38. The van der Waals surface area contributed by atoms with Gasteiger partial charge in [-0.25, -0.2) is 0 Å². The third-order valence-electron chi connectivity index (χ3n) is 6.82. The first-order valence-electron chi connectivity index (χ1n) is 11.3. The molecule has 0 bridgehead atoms. The van der Waals surface area contributed by atoms with E-state index in [0.717, 1.165) is 48.1 Å². The molecular weight excluding hydrogens is 402 g/mol. The fourth-order valence-electron chi connectivity index (χ4n) is 5.18. The average molecular weight is 432 g/mol. The van der Waals surface area contributed by atoms with E-state index in [1.54, 1.807) is 14.2 Å². The number of aromatic amines is 1. The Morgan fingerprint density at radius 1 is 0.969 bits per heavy atom. The normalized spacial score (nSPS) is 18.7. The first kappa shape index (κ1) is 20.6. The number of hydrogen-bond acceptors (Lipinski definition) is 4. The maximum atomic E-state index is 13.7. The van der Waals surface area contributed by atoms with Crippen LogP contribution in [0.4, 0.5) is 0 Å². The Bertz CT molecular complexity index is 1130. The lowest BCUT2D eigenvalue weighted by Gasteiger charge is -2.36. The molecule has 1 N–H and O–H groups in total. The van der Waals surface area contributed by atoms with E-state index in [2.05, 4.69) is 46.3 Å². The molecule has 1 fully saturated rings. The number of amides is 1. The second-order valence-corrected chi connectivity index (χ2v) is 8.75. The van der Waals surface area contributed by atoms with Gasteiger partial charge in [-0.1, -0.05) is 55.2 Å². The Balaban J connectivity index is 1.67. The molecule has 1 aliphatic carbocycles. The number of ether oxygens (including phenoxy) is 2. The van der Waals surface area contributed by atoms with Crippen LogP contribution >= 0.6 is 0 Å². The molecule has 2 aliphatic rings. The van der Waals surface area contributed by atoms with Gasteiger partial charge in [0.1, 0.15) is 5.69 Å². The Hall–Kier alpha value is -3.28. The lowest BCUT2D eigenvalue weighted by Crippen LogP contribution is -2.40. The summed E-state index contributed by atoms with van der Waals surface area (Å²) in [4.78, 5) is 15.7. The number of methoxy groups -OCH3 is 2. The Labute approximate surface area is 188 Å². The predicted molar refractivity (Wildman–Crippen MR) is 123 cm³/mol. The molecule has 0 saturated heterocycles. The number of carbonyl (C=O) groups excluding carboxylic acids is 1. The van der Waals surface area contributed by atoms with Gasteiger partial charge in [0, 0.05) is 17.2 Å². The maximum absolute atomic E-state index is 13.7. The number of fused-ring (bicyclic) bond motifs is 1. The number of rotatable bonds is 5. The Morgan fingerprint density at radius 2 is 1.69 bits per heavy atom. The molecule has 6 heteroatoms. The number of carbonyl (C=O) groups is 1. The molecule has 1 aliphatic heterocycles. The van der Waals surface area contributed by atoms with Crippen LogP contribution in [0, 0.1) is 6.92 Å². The topological polar surface area (TPSA) is 67.5 Å². The van der Waals surface area contributed by atoms with E-state index in [0.29, 0.717) is 17.2 Å². The van der Waals surface area contributed by atoms with Crippen molar-refractivity contribution in [1.82, 2.24) is 15.1 Å². The van der Waals surface area contributed by atoms with Crippen molar-refractivity contribution in [2.45, 2.75) is 51.1 Å². The number of nitrogens with zero attached hydrogens (tertiary/aromatic N) is 2. The zero-order valence-corrected chi connectivity index (χ0v) is 18.9. The number of aromatic nitrogens is 2. The van der Waals surface area contributed by atoms with Crippen molar-refractivity contribution >= 4 is 5.91 Å². The molecule has 1 aromatic heterocycles.